The molecule has 1 fully saturated rings. The predicted molar refractivity (Wildman–Crippen MR) is 148 cm³/mol. The van der Waals surface area contributed by atoms with Crippen LogP contribution in [0.1, 0.15) is 34.5 Å². The van der Waals surface area contributed by atoms with Gasteiger partial charge in [-0.2, -0.15) is 5.10 Å². The SMILES string of the molecule is O=C(Nc1ccc(N2CCC(O)CC2)nc1)c1n[nH]c2ccc(-c3cncc(Cc4ccccc4)c3)cc12. The molecule has 0 aliphatic carbocycles. The standard InChI is InChI=1S/C30H28N6O2/c37-25-10-12-36(13-11-25)28-9-7-24(19-32-28)33-30(38)29-26-16-22(6-8-27(26)34-35-29)23-15-21(17-31-18-23)14-20-4-2-1-3-5-20/h1-9,15-19,25,37H,10-14H2,(H,33,38)(H,34,35). The van der Waals surface area contributed by atoms with E-state index in [9.17, 15) is 9.90 Å². The van der Waals surface area contributed by atoms with Gasteiger partial charge in [-0.15, -0.1) is 0 Å². The third-order valence-electron chi connectivity index (χ3n) is 6.95. The number of aliphatic hydroxyl groups excluding tert-OH is 1. The molecule has 0 bridgehead atoms. The lowest BCUT2D eigenvalue weighted by atomic mass is 10.0. The molecule has 38 heavy (non-hydrogen) atoms. The molecule has 0 radical (unpaired) electrons. The number of pyridine rings is 2. The van der Waals surface area contributed by atoms with Crippen LogP contribution in [0.5, 0.6) is 0 Å². The van der Waals surface area contributed by atoms with Gasteiger partial charge in [0.05, 0.1) is 23.5 Å². The molecule has 6 rings (SSSR count). The molecule has 2 aromatic carbocycles. The van der Waals surface area contributed by atoms with Crippen LogP contribution in [0.2, 0.25) is 0 Å². The molecule has 3 N–H and O–H groups in total. The third kappa shape index (κ3) is 5.12. The summed E-state index contributed by atoms with van der Waals surface area (Å²) in [5.41, 5.74) is 6.01. The van der Waals surface area contributed by atoms with E-state index in [1.807, 2.05) is 60.9 Å². The highest BCUT2D eigenvalue weighted by Crippen LogP contribution is 2.27. The number of aromatic nitrogens is 4. The molecule has 8 nitrogen and oxygen atoms in total. The Labute approximate surface area is 220 Å². The molecule has 1 amide bonds. The van der Waals surface area contributed by atoms with Gasteiger partial charge >= 0.3 is 0 Å². The number of carbonyl (C=O) groups is 1. The van der Waals surface area contributed by atoms with Crippen LogP contribution < -0.4 is 10.2 Å². The number of H-pyrrole nitrogens is 1. The molecule has 0 saturated carbocycles. The van der Waals surface area contributed by atoms with Crippen LogP contribution in [0.25, 0.3) is 22.0 Å². The molecule has 8 heteroatoms. The number of nitrogens with one attached hydrogen (secondary N) is 2. The van der Waals surface area contributed by atoms with Crippen LogP contribution in [0.4, 0.5) is 11.5 Å². The van der Waals surface area contributed by atoms with Crippen molar-refractivity contribution in [3.05, 3.63) is 102 Å². The minimum atomic E-state index is -0.306. The van der Waals surface area contributed by atoms with Crippen molar-refractivity contribution in [2.45, 2.75) is 25.4 Å². The molecule has 0 spiro atoms. The molecule has 1 saturated heterocycles. The van der Waals surface area contributed by atoms with Crippen molar-refractivity contribution in [2.75, 3.05) is 23.3 Å². The second-order valence-electron chi connectivity index (χ2n) is 9.65. The van der Waals surface area contributed by atoms with Crippen LogP contribution in [-0.2, 0) is 6.42 Å². The van der Waals surface area contributed by atoms with Crippen LogP contribution in [0.3, 0.4) is 0 Å². The Kier molecular flexibility index (Phi) is 6.54. The number of carbonyl (C=O) groups excluding carboxylic acids is 1. The van der Waals surface area contributed by atoms with Crippen molar-refractivity contribution in [3.63, 3.8) is 0 Å². The number of hydrogen-bond donors (Lipinski definition) is 3. The van der Waals surface area contributed by atoms with E-state index in [0.29, 0.717) is 11.4 Å². The first kappa shape index (κ1) is 23.8. The number of rotatable bonds is 6. The number of aromatic amines is 1. The van der Waals surface area contributed by atoms with Crippen molar-refractivity contribution in [2.24, 2.45) is 0 Å². The minimum absolute atomic E-state index is 0.233. The largest absolute Gasteiger partial charge is 0.393 e. The molecule has 190 valence electrons. The maximum absolute atomic E-state index is 13.1. The first-order chi connectivity index (χ1) is 18.6. The Morgan fingerprint density at radius 2 is 1.79 bits per heavy atom. The van der Waals surface area contributed by atoms with E-state index in [-0.39, 0.29) is 12.0 Å². The summed E-state index contributed by atoms with van der Waals surface area (Å²) in [7, 11) is 0. The third-order valence-corrected chi connectivity index (χ3v) is 6.95. The van der Waals surface area contributed by atoms with E-state index in [1.165, 1.54) is 5.56 Å². The average Bonchev–Trinajstić information content (AvgIpc) is 3.38. The highest BCUT2D eigenvalue weighted by molar-refractivity contribution is 6.11. The fourth-order valence-electron chi connectivity index (χ4n) is 4.87. The molecule has 1 aliphatic heterocycles. The topological polar surface area (TPSA) is 107 Å². The number of piperidine rings is 1. The zero-order valence-electron chi connectivity index (χ0n) is 20.8. The van der Waals surface area contributed by atoms with E-state index in [4.69, 9.17) is 0 Å². The van der Waals surface area contributed by atoms with E-state index in [2.05, 4.69) is 48.6 Å². The summed E-state index contributed by atoms with van der Waals surface area (Å²) in [5.74, 6) is 0.535. The summed E-state index contributed by atoms with van der Waals surface area (Å²) >= 11 is 0. The Morgan fingerprint density at radius 1 is 0.947 bits per heavy atom. The van der Waals surface area contributed by atoms with Gasteiger partial charge < -0.3 is 15.3 Å². The number of benzene rings is 2. The Bertz CT molecular complexity index is 1560. The minimum Gasteiger partial charge on any atom is -0.393 e. The fraction of sp³-hybridized carbons (Fsp3) is 0.200. The second kappa shape index (κ2) is 10.4. The van der Waals surface area contributed by atoms with Crippen LogP contribution >= 0.6 is 0 Å². The van der Waals surface area contributed by atoms with Crippen LogP contribution in [0, 0.1) is 0 Å². The van der Waals surface area contributed by atoms with Gasteiger partial charge in [-0.05, 0) is 66.3 Å². The van der Waals surface area contributed by atoms with Crippen molar-refractivity contribution >= 4 is 28.3 Å². The van der Waals surface area contributed by atoms with Gasteiger partial charge in [-0.1, -0.05) is 36.4 Å². The number of amides is 1. The molecular weight excluding hydrogens is 476 g/mol. The van der Waals surface area contributed by atoms with E-state index in [0.717, 1.165) is 65.8 Å². The van der Waals surface area contributed by atoms with E-state index >= 15 is 0 Å². The number of fused-ring (bicyclic) bond motifs is 1. The number of anilines is 2. The van der Waals surface area contributed by atoms with Gasteiger partial charge in [0.1, 0.15) is 5.82 Å². The van der Waals surface area contributed by atoms with Crippen molar-refractivity contribution < 1.29 is 9.90 Å². The number of aliphatic hydroxyl groups is 1. The summed E-state index contributed by atoms with van der Waals surface area (Å²) in [6, 6.07) is 22.1. The van der Waals surface area contributed by atoms with Crippen LogP contribution in [-0.4, -0.2) is 50.4 Å². The Morgan fingerprint density at radius 3 is 2.58 bits per heavy atom. The first-order valence-corrected chi connectivity index (χ1v) is 12.8. The Balaban J connectivity index is 1.20. The summed E-state index contributed by atoms with van der Waals surface area (Å²) in [5, 5.41) is 20.6. The molecular formula is C30H28N6O2. The zero-order chi connectivity index (χ0) is 25.9. The molecule has 5 aromatic rings. The Hall–Kier alpha value is -4.56. The summed E-state index contributed by atoms with van der Waals surface area (Å²) in [6.45, 7) is 1.54. The summed E-state index contributed by atoms with van der Waals surface area (Å²) in [4.78, 5) is 24.3. The lowest BCUT2D eigenvalue weighted by Crippen LogP contribution is -2.36. The van der Waals surface area contributed by atoms with Crippen LogP contribution in [0.15, 0.2) is 85.3 Å². The monoisotopic (exact) mass is 504 g/mol. The zero-order valence-corrected chi connectivity index (χ0v) is 20.8. The average molecular weight is 505 g/mol. The highest BCUT2D eigenvalue weighted by atomic mass is 16.3. The molecule has 3 aromatic heterocycles. The molecule has 0 unspecified atom stereocenters. The van der Waals surface area contributed by atoms with Gasteiger partial charge in [0, 0.05) is 36.4 Å². The van der Waals surface area contributed by atoms with E-state index in [1.54, 1.807) is 6.20 Å². The van der Waals surface area contributed by atoms with Gasteiger partial charge in [0.15, 0.2) is 5.69 Å². The van der Waals surface area contributed by atoms with E-state index < -0.39 is 0 Å². The lowest BCUT2D eigenvalue weighted by Gasteiger charge is -2.30. The second-order valence-corrected chi connectivity index (χ2v) is 9.65. The predicted octanol–water partition coefficient (Wildman–Crippen LogP) is 4.82. The smallest absolute Gasteiger partial charge is 0.276 e. The summed E-state index contributed by atoms with van der Waals surface area (Å²) in [6.07, 6.45) is 7.43. The lowest BCUT2D eigenvalue weighted by molar-refractivity contribution is 0.102. The molecule has 1 aliphatic rings. The maximum Gasteiger partial charge on any atom is 0.276 e. The first-order valence-electron chi connectivity index (χ1n) is 12.8. The number of nitrogens with zero attached hydrogens (tertiary/aromatic N) is 4. The van der Waals surface area contributed by atoms with Crippen molar-refractivity contribution in [1.29, 1.82) is 0 Å². The van der Waals surface area contributed by atoms with Gasteiger partial charge in [0.25, 0.3) is 5.91 Å². The normalized spacial score (nSPS) is 14.1. The van der Waals surface area contributed by atoms with Gasteiger partial charge in [-0.25, -0.2) is 4.98 Å². The maximum atomic E-state index is 13.1. The van der Waals surface area contributed by atoms with Gasteiger partial charge in [-0.3, -0.25) is 14.9 Å². The fourth-order valence-corrected chi connectivity index (χ4v) is 4.87. The van der Waals surface area contributed by atoms with Crippen molar-refractivity contribution in [1.82, 2.24) is 20.2 Å². The quantitative estimate of drug-likeness (QED) is 0.306. The van der Waals surface area contributed by atoms with Gasteiger partial charge in [0.2, 0.25) is 0 Å². The number of hydrogen-bond acceptors (Lipinski definition) is 6. The molecule has 0 atom stereocenters. The highest BCUT2D eigenvalue weighted by Gasteiger charge is 2.19. The van der Waals surface area contributed by atoms with Crippen molar-refractivity contribution in [3.8, 4) is 11.1 Å². The molecule has 4 heterocycles. The summed E-state index contributed by atoms with van der Waals surface area (Å²) < 4.78 is 0.